The number of nitrogens with one attached hydrogen (secondary N) is 1. The highest BCUT2D eigenvalue weighted by molar-refractivity contribution is 7.12. The number of hydrogen-bond donors (Lipinski definition) is 2. The zero-order chi connectivity index (χ0) is 13.5. The molecule has 1 rings (SSSR count). The molecule has 0 saturated carbocycles. The summed E-state index contributed by atoms with van der Waals surface area (Å²) in [7, 11) is 1.31. The van der Waals surface area contributed by atoms with Gasteiger partial charge in [0.25, 0.3) is 0 Å². The molecule has 1 atom stereocenters. The summed E-state index contributed by atoms with van der Waals surface area (Å²) in [6.07, 6.45) is 2.54. The molecule has 1 heterocycles. The van der Waals surface area contributed by atoms with E-state index in [1.807, 2.05) is 6.92 Å². The fourth-order valence-corrected chi connectivity index (χ4v) is 2.20. The Labute approximate surface area is 110 Å². The van der Waals surface area contributed by atoms with Gasteiger partial charge in [0.05, 0.1) is 18.8 Å². The van der Waals surface area contributed by atoms with Crippen molar-refractivity contribution in [3.05, 3.63) is 16.3 Å². The van der Waals surface area contributed by atoms with Gasteiger partial charge in [-0.15, -0.1) is 11.3 Å². The van der Waals surface area contributed by atoms with E-state index in [1.165, 1.54) is 18.4 Å². The number of anilines is 1. The molecule has 0 aromatic carbocycles. The van der Waals surface area contributed by atoms with Crippen molar-refractivity contribution < 1.29 is 14.3 Å². The molecular formula is C12H18N2O3S. The number of amides is 1. The molecule has 0 bridgehead atoms. The Hall–Kier alpha value is -1.40. The minimum Gasteiger partial charge on any atom is -0.465 e. The Kier molecular flexibility index (Phi) is 5.80. The van der Waals surface area contributed by atoms with Crippen LogP contribution in [0, 0.1) is 0 Å². The van der Waals surface area contributed by atoms with Gasteiger partial charge in [-0.25, -0.2) is 4.79 Å². The molecule has 0 unspecified atom stereocenters. The van der Waals surface area contributed by atoms with Crippen LogP contribution in [0.1, 0.15) is 35.9 Å². The van der Waals surface area contributed by atoms with Gasteiger partial charge >= 0.3 is 5.97 Å². The van der Waals surface area contributed by atoms with E-state index in [1.54, 1.807) is 11.4 Å². The van der Waals surface area contributed by atoms with E-state index < -0.39 is 12.0 Å². The number of nitrogens with two attached hydrogens (primary N) is 1. The maximum absolute atomic E-state index is 11.8. The first-order valence-corrected chi connectivity index (χ1v) is 6.70. The number of carbonyl (C=O) groups is 2. The number of unbranched alkanes of at least 4 members (excludes halogenated alkanes) is 1. The lowest BCUT2D eigenvalue weighted by atomic mass is 10.1. The Morgan fingerprint density at radius 2 is 2.28 bits per heavy atom. The van der Waals surface area contributed by atoms with Crippen LogP contribution in [0.5, 0.6) is 0 Å². The topological polar surface area (TPSA) is 81.4 Å². The van der Waals surface area contributed by atoms with E-state index in [0.717, 1.165) is 12.8 Å². The SMILES string of the molecule is CCCC[C@H](N)C(=O)Nc1ccsc1C(=O)OC. The predicted molar refractivity (Wildman–Crippen MR) is 71.8 cm³/mol. The standard InChI is InChI=1S/C12H18N2O3S/c1-3-4-5-8(13)11(15)14-9-6-7-18-10(9)12(16)17-2/h6-8H,3-5,13H2,1-2H3,(H,14,15)/t8-/m0/s1. The fourth-order valence-electron chi connectivity index (χ4n) is 1.44. The monoisotopic (exact) mass is 270 g/mol. The molecule has 0 saturated heterocycles. The van der Waals surface area contributed by atoms with Crippen molar-refractivity contribution in [2.75, 3.05) is 12.4 Å². The Morgan fingerprint density at radius 1 is 1.56 bits per heavy atom. The second-order valence-electron chi connectivity index (χ2n) is 3.89. The molecule has 0 aliphatic heterocycles. The number of ether oxygens (including phenoxy) is 1. The molecule has 0 aliphatic rings. The first kappa shape index (κ1) is 14.7. The number of methoxy groups -OCH3 is 1. The van der Waals surface area contributed by atoms with Gasteiger partial charge in [-0.2, -0.15) is 0 Å². The Balaban J connectivity index is 2.64. The second-order valence-corrected chi connectivity index (χ2v) is 4.81. The number of carbonyl (C=O) groups excluding carboxylic acids is 2. The van der Waals surface area contributed by atoms with Crippen LogP contribution in [0.3, 0.4) is 0 Å². The van der Waals surface area contributed by atoms with E-state index in [-0.39, 0.29) is 5.91 Å². The van der Waals surface area contributed by atoms with Gasteiger partial charge in [-0.05, 0) is 17.9 Å². The molecule has 100 valence electrons. The second kappa shape index (κ2) is 7.13. The lowest BCUT2D eigenvalue weighted by molar-refractivity contribution is -0.117. The summed E-state index contributed by atoms with van der Waals surface area (Å²) in [5, 5.41) is 4.38. The molecule has 0 radical (unpaired) electrons. The molecule has 3 N–H and O–H groups in total. The highest BCUT2D eigenvalue weighted by Gasteiger charge is 2.18. The van der Waals surface area contributed by atoms with Crippen LogP contribution < -0.4 is 11.1 Å². The van der Waals surface area contributed by atoms with Gasteiger partial charge in [0.1, 0.15) is 4.88 Å². The largest absolute Gasteiger partial charge is 0.465 e. The van der Waals surface area contributed by atoms with Gasteiger partial charge in [-0.1, -0.05) is 19.8 Å². The maximum Gasteiger partial charge on any atom is 0.350 e. The molecule has 1 amide bonds. The van der Waals surface area contributed by atoms with E-state index in [0.29, 0.717) is 17.0 Å². The summed E-state index contributed by atoms with van der Waals surface area (Å²) in [5.74, 6) is -0.727. The molecule has 5 nitrogen and oxygen atoms in total. The van der Waals surface area contributed by atoms with Crippen LogP contribution in [-0.2, 0) is 9.53 Å². The average molecular weight is 270 g/mol. The van der Waals surface area contributed by atoms with E-state index in [9.17, 15) is 9.59 Å². The number of rotatable bonds is 6. The van der Waals surface area contributed by atoms with Crippen molar-refractivity contribution in [1.82, 2.24) is 0 Å². The number of hydrogen-bond acceptors (Lipinski definition) is 5. The van der Waals surface area contributed by atoms with Crippen molar-refractivity contribution in [2.45, 2.75) is 32.2 Å². The third-order valence-corrected chi connectivity index (χ3v) is 3.39. The van der Waals surface area contributed by atoms with E-state index >= 15 is 0 Å². The minimum atomic E-state index is -0.546. The summed E-state index contributed by atoms with van der Waals surface area (Å²) in [5.41, 5.74) is 6.22. The third-order valence-electron chi connectivity index (χ3n) is 2.50. The zero-order valence-corrected chi connectivity index (χ0v) is 11.4. The summed E-state index contributed by atoms with van der Waals surface area (Å²) in [6.45, 7) is 2.04. The molecular weight excluding hydrogens is 252 g/mol. The predicted octanol–water partition coefficient (Wildman–Crippen LogP) is 1.99. The van der Waals surface area contributed by atoms with Gasteiger partial charge in [-0.3, -0.25) is 4.79 Å². The average Bonchev–Trinajstić information content (AvgIpc) is 2.82. The van der Waals surface area contributed by atoms with E-state index in [2.05, 4.69) is 10.1 Å². The molecule has 6 heteroatoms. The Morgan fingerprint density at radius 3 is 2.89 bits per heavy atom. The molecule has 0 fully saturated rings. The van der Waals surface area contributed by atoms with Crippen LogP contribution in [0.2, 0.25) is 0 Å². The van der Waals surface area contributed by atoms with Crippen molar-refractivity contribution >= 4 is 28.9 Å². The Bertz CT molecular complexity index is 417. The summed E-state index contributed by atoms with van der Waals surface area (Å²) >= 11 is 1.22. The van der Waals surface area contributed by atoms with Crippen LogP contribution in [-0.4, -0.2) is 25.0 Å². The summed E-state index contributed by atoms with van der Waals surface area (Å²) in [6, 6.07) is 1.12. The normalized spacial score (nSPS) is 11.9. The maximum atomic E-state index is 11.8. The van der Waals surface area contributed by atoms with E-state index in [4.69, 9.17) is 5.73 Å². The van der Waals surface area contributed by atoms with Crippen molar-refractivity contribution in [3.8, 4) is 0 Å². The van der Waals surface area contributed by atoms with Gasteiger partial charge in [0, 0.05) is 0 Å². The number of esters is 1. The smallest absolute Gasteiger partial charge is 0.350 e. The minimum absolute atomic E-state index is 0.271. The highest BCUT2D eigenvalue weighted by atomic mass is 32.1. The molecule has 0 aliphatic carbocycles. The van der Waals surface area contributed by atoms with Crippen molar-refractivity contribution in [3.63, 3.8) is 0 Å². The first-order chi connectivity index (χ1) is 8.60. The molecule has 0 spiro atoms. The lowest BCUT2D eigenvalue weighted by Gasteiger charge is -2.11. The van der Waals surface area contributed by atoms with Gasteiger partial charge in [0.15, 0.2) is 0 Å². The fraction of sp³-hybridized carbons (Fsp3) is 0.500. The molecule has 1 aromatic heterocycles. The van der Waals surface area contributed by atoms with Gasteiger partial charge < -0.3 is 15.8 Å². The first-order valence-electron chi connectivity index (χ1n) is 5.82. The van der Waals surface area contributed by atoms with Crippen LogP contribution in [0.25, 0.3) is 0 Å². The van der Waals surface area contributed by atoms with Crippen LogP contribution in [0.15, 0.2) is 11.4 Å². The summed E-state index contributed by atoms with van der Waals surface area (Å²) in [4.78, 5) is 23.6. The molecule has 1 aromatic rings. The quantitative estimate of drug-likeness (QED) is 0.775. The van der Waals surface area contributed by atoms with Crippen molar-refractivity contribution in [2.24, 2.45) is 5.73 Å². The van der Waals surface area contributed by atoms with Gasteiger partial charge in [0.2, 0.25) is 5.91 Å². The molecule has 18 heavy (non-hydrogen) atoms. The van der Waals surface area contributed by atoms with Crippen LogP contribution >= 0.6 is 11.3 Å². The lowest BCUT2D eigenvalue weighted by Crippen LogP contribution is -2.35. The zero-order valence-electron chi connectivity index (χ0n) is 10.6. The highest BCUT2D eigenvalue weighted by Crippen LogP contribution is 2.23. The summed E-state index contributed by atoms with van der Waals surface area (Å²) < 4.78 is 4.63. The third kappa shape index (κ3) is 3.82. The van der Waals surface area contributed by atoms with Crippen LogP contribution in [0.4, 0.5) is 5.69 Å². The van der Waals surface area contributed by atoms with Crippen molar-refractivity contribution in [1.29, 1.82) is 0 Å². The number of thiophene rings is 1.